The maximum atomic E-state index is 12.8. The van der Waals surface area contributed by atoms with Gasteiger partial charge in [-0.2, -0.15) is 0 Å². The number of hydrogen-bond acceptors (Lipinski definition) is 4. The summed E-state index contributed by atoms with van der Waals surface area (Å²) < 4.78 is 5.46. The second kappa shape index (κ2) is 7.58. The summed E-state index contributed by atoms with van der Waals surface area (Å²) in [4.78, 5) is 24.5. The third kappa shape index (κ3) is 4.61. The van der Waals surface area contributed by atoms with Crippen molar-refractivity contribution in [3.8, 4) is 0 Å². The normalized spacial score (nSPS) is 10.9. The lowest BCUT2D eigenvalue weighted by Gasteiger charge is -2.29. The Kier molecular flexibility index (Phi) is 5.67. The molecule has 0 radical (unpaired) electrons. The Labute approximate surface area is 156 Å². The van der Waals surface area contributed by atoms with E-state index in [0.29, 0.717) is 16.3 Å². The number of para-hydroxylation sites is 1. The summed E-state index contributed by atoms with van der Waals surface area (Å²) in [7, 11) is 0. The molecule has 0 heterocycles. The smallest absolute Gasteiger partial charge is 0.419 e. The highest BCUT2D eigenvalue weighted by atomic mass is 35.5. The van der Waals surface area contributed by atoms with E-state index in [1.54, 1.807) is 51.1 Å². The van der Waals surface area contributed by atoms with Crippen molar-refractivity contribution in [2.45, 2.75) is 26.4 Å². The number of benzene rings is 2. The van der Waals surface area contributed by atoms with E-state index in [2.05, 4.69) is 6.58 Å². The quantitative estimate of drug-likeness (QED) is 0.511. The summed E-state index contributed by atoms with van der Waals surface area (Å²) in [6.07, 6.45) is -0.679. The number of ether oxygens (including phenoxy) is 1. The number of amides is 1. The van der Waals surface area contributed by atoms with Crippen LogP contribution in [-0.2, 0) is 4.74 Å². The van der Waals surface area contributed by atoms with Crippen molar-refractivity contribution in [1.82, 2.24) is 0 Å². The monoisotopic (exact) mass is 374 g/mol. The van der Waals surface area contributed by atoms with Gasteiger partial charge in [0, 0.05) is 17.7 Å². The molecule has 0 saturated heterocycles. The molecule has 0 fully saturated rings. The zero-order valence-electron chi connectivity index (χ0n) is 14.7. The number of carbonyl (C=O) groups excluding carboxylic acids is 1. The zero-order chi connectivity index (χ0) is 19.5. The van der Waals surface area contributed by atoms with Gasteiger partial charge in [-0.15, -0.1) is 0 Å². The van der Waals surface area contributed by atoms with Crippen molar-refractivity contribution in [1.29, 1.82) is 0 Å². The molecular weight excluding hydrogens is 356 g/mol. The third-order valence-electron chi connectivity index (χ3n) is 3.33. The molecule has 0 aromatic heterocycles. The number of rotatable bonds is 4. The van der Waals surface area contributed by atoms with Crippen LogP contribution >= 0.6 is 11.6 Å². The van der Waals surface area contributed by atoms with Gasteiger partial charge in [-0.1, -0.05) is 42.4 Å². The Morgan fingerprint density at radius 2 is 1.85 bits per heavy atom. The number of nitro benzene ring substituents is 1. The average Bonchev–Trinajstić information content (AvgIpc) is 2.55. The van der Waals surface area contributed by atoms with E-state index in [9.17, 15) is 14.9 Å². The van der Waals surface area contributed by atoms with Crippen molar-refractivity contribution in [3.63, 3.8) is 0 Å². The Hall–Kier alpha value is -2.86. The molecule has 0 aliphatic carbocycles. The van der Waals surface area contributed by atoms with Crippen molar-refractivity contribution in [2.24, 2.45) is 0 Å². The van der Waals surface area contributed by atoms with Gasteiger partial charge >= 0.3 is 6.09 Å². The van der Waals surface area contributed by atoms with Crippen LogP contribution in [0.15, 0.2) is 55.1 Å². The SMILES string of the molecule is C=C(c1cccc([N+](=O)[O-])c1)N(C(=O)OC(C)(C)C)c1ccccc1Cl. The Bertz CT molecular complexity index is 859. The van der Waals surface area contributed by atoms with E-state index < -0.39 is 16.6 Å². The Morgan fingerprint density at radius 1 is 1.19 bits per heavy atom. The van der Waals surface area contributed by atoms with E-state index in [0.717, 1.165) is 0 Å². The number of carbonyl (C=O) groups is 1. The van der Waals surface area contributed by atoms with Gasteiger partial charge in [0.05, 0.1) is 21.3 Å². The van der Waals surface area contributed by atoms with E-state index in [-0.39, 0.29) is 11.4 Å². The standard InChI is InChI=1S/C19H19ClN2O4/c1-13(14-8-7-9-15(12-14)22(24)25)21(18(23)26-19(2,3)4)17-11-6-5-10-16(17)20/h5-12H,1H2,2-4H3. The van der Waals surface area contributed by atoms with Crippen LogP contribution in [0.1, 0.15) is 26.3 Å². The van der Waals surface area contributed by atoms with E-state index in [1.165, 1.54) is 23.1 Å². The maximum absolute atomic E-state index is 12.8. The van der Waals surface area contributed by atoms with Crippen molar-refractivity contribution in [3.05, 3.63) is 75.8 Å². The number of hydrogen-bond donors (Lipinski definition) is 0. The second-order valence-electron chi connectivity index (χ2n) is 6.52. The van der Waals surface area contributed by atoms with Crippen LogP contribution in [0, 0.1) is 10.1 Å². The van der Waals surface area contributed by atoms with Crippen molar-refractivity contribution in [2.75, 3.05) is 4.90 Å². The van der Waals surface area contributed by atoms with E-state index in [1.807, 2.05) is 0 Å². The predicted octanol–water partition coefficient (Wildman–Crippen LogP) is 5.66. The zero-order valence-corrected chi connectivity index (χ0v) is 15.5. The van der Waals surface area contributed by atoms with Crippen LogP contribution in [0.3, 0.4) is 0 Å². The Morgan fingerprint density at radius 3 is 2.42 bits per heavy atom. The van der Waals surface area contributed by atoms with Gasteiger partial charge in [0.2, 0.25) is 0 Å². The first-order chi connectivity index (χ1) is 12.1. The summed E-state index contributed by atoms with van der Waals surface area (Å²) in [6, 6.07) is 12.6. The fourth-order valence-electron chi connectivity index (χ4n) is 2.22. The Balaban J connectivity index is 2.51. The van der Waals surface area contributed by atoms with Crippen LogP contribution in [0.2, 0.25) is 5.02 Å². The summed E-state index contributed by atoms with van der Waals surface area (Å²) in [5.74, 6) is 0. The van der Waals surface area contributed by atoms with Crippen LogP contribution < -0.4 is 4.90 Å². The second-order valence-corrected chi connectivity index (χ2v) is 6.93. The van der Waals surface area contributed by atoms with Gasteiger partial charge in [-0.25, -0.2) is 9.69 Å². The van der Waals surface area contributed by atoms with Gasteiger partial charge < -0.3 is 4.74 Å². The first kappa shape index (κ1) is 19.5. The number of anilines is 1. The van der Waals surface area contributed by atoms with Gasteiger partial charge in [0.25, 0.3) is 5.69 Å². The maximum Gasteiger partial charge on any atom is 0.419 e. The van der Waals surface area contributed by atoms with Crippen LogP contribution in [-0.4, -0.2) is 16.6 Å². The molecule has 0 N–H and O–H groups in total. The lowest BCUT2D eigenvalue weighted by atomic mass is 10.1. The topological polar surface area (TPSA) is 72.7 Å². The first-order valence-corrected chi connectivity index (χ1v) is 8.19. The van der Waals surface area contributed by atoms with E-state index >= 15 is 0 Å². The van der Waals surface area contributed by atoms with Crippen LogP contribution in [0.4, 0.5) is 16.2 Å². The fourth-order valence-corrected chi connectivity index (χ4v) is 2.44. The molecule has 2 rings (SSSR count). The van der Waals surface area contributed by atoms with Gasteiger partial charge in [-0.3, -0.25) is 10.1 Å². The predicted molar refractivity (Wildman–Crippen MR) is 102 cm³/mol. The molecule has 136 valence electrons. The number of nitrogens with zero attached hydrogens (tertiary/aromatic N) is 2. The van der Waals surface area contributed by atoms with Gasteiger partial charge in [-0.05, 0) is 32.9 Å². The molecule has 2 aromatic carbocycles. The van der Waals surface area contributed by atoms with Gasteiger partial charge in [0.15, 0.2) is 0 Å². The highest BCUT2D eigenvalue weighted by molar-refractivity contribution is 6.34. The molecular formula is C19H19ClN2O4. The fraction of sp³-hybridized carbons (Fsp3) is 0.211. The number of halogens is 1. The minimum atomic E-state index is -0.737. The molecule has 7 heteroatoms. The molecule has 0 aliphatic heterocycles. The molecule has 26 heavy (non-hydrogen) atoms. The largest absolute Gasteiger partial charge is 0.443 e. The number of non-ortho nitro benzene ring substituents is 1. The van der Waals surface area contributed by atoms with Gasteiger partial charge in [0.1, 0.15) is 5.60 Å². The lowest BCUT2D eigenvalue weighted by Crippen LogP contribution is -2.35. The third-order valence-corrected chi connectivity index (χ3v) is 3.65. The van der Waals surface area contributed by atoms with Crippen molar-refractivity contribution >= 4 is 34.8 Å². The molecule has 0 saturated carbocycles. The molecule has 2 aromatic rings. The first-order valence-electron chi connectivity index (χ1n) is 7.81. The van der Waals surface area contributed by atoms with Crippen LogP contribution in [0.25, 0.3) is 5.70 Å². The molecule has 0 atom stereocenters. The average molecular weight is 375 g/mol. The number of nitro groups is 1. The van der Waals surface area contributed by atoms with Crippen molar-refractivity contribution < 1.29 is 14.5 Å². The molecule has 0 aliphatic rings. The van der Waals surface area contributed by atoms with Crippen LogP contribution in [0.5, 0.6) is 0 Å². The summed E-state index contributed by atoms with van der Waals surface area (Å²) in [6.45, 7) is 9.16. The molecule has 6 nitrogen and oxygen atoms in total. The molecule has 0 unspecified atom stereocenters. The summed E-state index contributed by atoms with van der Waals surface area (Å²) in [5, 5.41) is 11.4. The summed E-state index contributed by atoms with van der Waals surface area (Å²) in [5.41, 5.74) is 0.160. The lowest BCUT2D eigenvalue weighted by molar-refractivity contribution is -0.384. The highest BCUT2D eigenvalue weighted by Crippen LogP contribution is 2.33. The minimum absolute atomic E-state index is 0.105. The molecule has 0 spiro atoms. The minimum Gasteiger partial charge on any atom is -0.443 e. The highest BCUT2D eigenvalue weighted by Gasteiger charge is 2.28. The summed E-state index contributed by atoms with van der Waals surface area (Å²) >= 11 is 6.25. The van der Waals surface area contributed by atoms with E-state index in [4.69, 9.17) is 16.3 Å². The molecule has 0 bridgehead atoms. The molecule has 1 amide bonds.